The fraction of sp³-hybridized carbons (Fsp3) is 0.190. The van der Waals surface area contributed by atoms with E-state index in [1.165, 1.54) is 23.8 Å². The summed E-state index contributed by atoms with van der Waals surface area (Å²) in [6.45, 7) is 1.50. The molecule has 0 unspecified atom stereocenters. The number of alkyl halides is 3. The molecule has 0 aliphatic rings. The lowest BCUT2D eigenvalue weighted by molar-refractivity contribution is -0.141. The quantitative estimate of drug-likeness (QED) is 0.403. The fourth-order valence-corrected chi connectivity index (χ4v) is 4.60. The van der Waals surface area contributed by atoms with Crippen molar-refractivity contribution in [3.63, 3.8) is 0 Å². The number of hydrogen-bond donors (Lipinski definition) is 0. The van der Waals surface area contributed by atoms with E-state index in [-0.39, 0.29) is 27.7 Å². The minimum absolute atomic E-state index is 0.0293. The minimum atomic E-state index is -4.63. The maximum atomic E-state index is 13.1. The number of benzene rings is 1. The number of rotatable bonds is 4. The first-order valence-electron chi connectivity index (χ1n) is 9.40. The molecule has 4 rings (SSSR count). The Morgan fingerprint density at radius 1 is 1.09 bits per heavy atom. The topological polar surface area (TPSA) is 77.7 Å². The lowest BCUT2D eigenvalue weighted by atomic mass is 10.1. The van der Waals surface area contributed by atoms with Crippen molar-refractivity contribution in [3.05, 3.63) is 59.5 Å². The third-order valence-corrected chi connectivity index (χ3v) is 7.09. The molecule has 3 aromatic heterocycles. The number of imidazole rings is 1. The molecule has 0 amide bonds. The van der Waals surface area contributed by atoms with E-state index in [9.17, 15) is 21.6 Å². The lowest BCUT2D eigenvalue weighted by Gasteiger charge is -2.12. The van der Waals surface area contributed by atoms with Gasteiger partial charge in [0.05, 0.1) is 27.9 Å². The summed E-state index contributed by atoms with van der Waals surface area (Å²) in [4.78, 5) is 12.0. The number of halogens is 4. The molecule has 0 saturated heterocycles. The summed E-state index contributed by atoms with van der Waals surface area (Å²) in [5.41, 5.74) is 0.385. The Bertz CT molecular complexity index is 1450. The van der Waals surface area contributed by atoms with Gasteiger partial charge in [0.15, 0.2) is 15.7 Å². The van der Waals surface area contributed by atoms with Crippen molar-refractivity contribution in [3.8, 4) is 22.6 Å². The van der Waals surface area contributed by atoms with E-state index in [1.807, 2.05) is 0 Å². The van der Waals surface area contributed by atoms with Crippen LogP contribution in [0, 0.1) is 0 Å². The Morgan fingerprint density at radius 3 is 2.47 bits per heavy atom. The van der Waals surface area contributed by atoms with E-state index >= 15 is 0 Å². The van der Waals surface area contributed by atoms with Crippen LogP contribution in [0.15, 0.2) is 53.7 Å². The summed E-state index contributed by atoms with van der Waals surface area (Å²) < 4.78 is 66.4. The van der Waals surface area contributed by atoms with Crippen LogP contribution in [0.3, 0.4) is 0 Å². The van der Waals surface area contributed by atoms with Gasteiger partial charge in [0, 0.05) is 29.4 Å². The van der Waals surface area contributed by atoms with Crippen molar-refractivity contribution in [2.45, 2.75) is 18.0 Å². The Labute approximate surface area is 186 Å². The van der Waals surface area contributed by atoms with Gasteiger partial charge in [-0.2, -0.15) is 13.2 Å². The van der Waals surface area contributed by atoms with Crippen LogP contribution in [-0.2, 0) is 23.1 Å². The molecule has 32 heavy (non-hydrogen) atoms. The van der Waals surface area contributed by atoms with Gasteiger partial charge in [-0.25, -0.2) is 18.4 Å². The van der Waals surface area contributed by atoms with Gasteiger partial charge in [-0.05, 0) is 18.2 Å². The number of nitrogens with zero attached hydrogens (tertiary/aromatic N) is 4. The minimum Gasteiger partial charge on any atom is -0.324 e. The first-order valence-corrected chi connectivity index (χ1v) is 11.4. The molecule has 3 heterocycles. The van der Waals surface area contributed by atoms with E-state index in [2.05, 4.69) is 15.0 Å². The van der Waals surface area contributed by atoms with Gasteiger partial charge in [0.2, 0.25) is 0 Å². The molecule has 0 bridgehead atoms. The monoisotopic (exact) mass is 480 g/mol. The van der Waals surface area contributed by atoms with Crippen LogP contribution >= 0.6 is 11.6 Å². The highest BCUT2D eigenvalue weighted by Gasteiger charge is 2.33. The SMILES string of the molecule is CCS(=O)(=O)c1cc(-c2ccccc2Cl)cnc1-c1nc2cc(C(F)(F)F)ncc2n1C. The Hall–Kier alpha value is -2.98. The molecule has 1 aromatic carbocycles. The molecule has 166 valence electrons. The zero-order chi connectivity index (χ0) is 23.3. The maximum Gasteiger partial charge on any atom is 0.433 e. The number of sulfone groups is 1. The van der Waals surface area contributed by atoms with Gasteiger partial charge in [-0.3, -0.25) is 4.98 Å². The Kier molecular flexibility index (Phi) is 5.46. The lowest BCUT2D eigenvalue weighted by Crippen LogP contribution is -2.09. The molecule has 0 atom stereocenters. The maximum absolute atomic E-state index is 13.1. The molecule has 0 radical (unpaired) electrons. The van der Waals surface area contributed by atoms with E-state index in [0.717, 1.165) is 12.3 Å². The van der Waals surface area contributed by atoms with E-state index in [0.29, 0.717) is 21.7 Å². The van der Waals surface area contributed by atoms with Gasteiger partial charge in [0.25, 0.3) is 0 Å². The highest BCUT2D eigenvalue weighted by Crippen LogP contribution is 2.35. The third-order valence-electron chi connectivity index (χ3n) is 5.02. The molecule has 0 spiro atoms. The van der Waals surface area contributed by atoms with Crippen molar-refractivity contribution in [1.29, 1.82) is 0 Å². The molecule has 0 aliphatic heterocycles. The standard InChI is InChI=1S/C21H16ClF3N4O2S/c1-3-32(30,31)17-8-12(13-6-4-5-7-14(13)22)10-27-19(17)20-28-15-9-18(21(23,24)25)26-11-16(15)29(20)2/h4-11H,3H2,1-2H3. The fourth-order valence-electron chi connectivity index (χ4n) is 3.30. The van der Waals surface area contributed by atoms with Crippen molar-refractivity contribution in [2.24, 2.45) is 7.05 Å². The van der Waals surface area contributed by atoms with Crippen LogP contribution in [0.1, 0.15) is 12.6 Å². The third kappa shape index (κ3) is 3.84. The zero-order valence-corrected chi connectivity index (χ0v) is 18.4. The number of hydrogen-bond acceptors (Lipinski definition) is 5. The number of fused-ring (bicyclic) bond motifs is 1. The van der Waals surface area contributed by atoms with Gasteiger partial charge in [-0.15, -0.1) is 0 Å². The van der Waals surface area contributed by atoms with E-state index in [1.54, 1.807) is 31.3 Å². The molecule has 0 N–H and O–H groups in total. The molecule has 11 heteroatoms. The summed E-state index contributed by atoms with van der Waals surface area (Å²) in [6, 6.07) is 9.21. The summed E-state index contributed by atoms with van der Waals surface area (Å²) >= 11 is 6.25. The van der Waals surface area contributed by atoms with Crippen LogP contribution in [0.4, 0.5) is 13.2 Å². The normalized spacial score (nSPS) is 12.4. The summed E-state index contributed by atoms with van der Waals surface area (Å²) in [5.74, 6) is -0.0870. The predicted molar refractivity (Wildman–Crippen MR) is 115 cm³/mol. The summed E-state index contributed by atoms with van der Waals surface area (Å²) in [6.07, 6.45) is -2.11. The molecule has 0 fully saturated rings. The van der Waals surface area contributed by atoms with Crippen molar-refractivity contribution in [2.75, 3.05) is 5.75 Å². The van der Waals surface area contributed by atoms with Gasteiger partial charge in [0.1, 0.15) is 11.4 Å². The number of aromatic nitrogens is 4. The smallest absolute Gasteiger partial charge is 0.324 e. The molecule has 0 saturated carbocycles. The zero-order valence-electron chi connectivity index (χ0n) is 16.9. The average Bonchev–Trinajstić information content (AvgIpc) is 3.09. The van der Waals surface area contributed by atoms with Crippen molar-refractivity contribution < 1.29 is 21.6 Å². The molecule has 6 nitrogen and oxygen atoms in total. The first kappa shape index (κ1) is 22.2. The van der Waals surface area contributed by atoms with Crippen molar-refractivity contribution >= 4 is 32.5 Å². The predicted octanol–water partition coefficient (Wildman–Crippen LogP) is 5.16. The van der Waals surface area contributed by atoms with E-state index < -0.39 is 21.7 Å². The largest absolute Gasteiger partial charge is 0.433 e. The van der Waals surface area contributed by atoms with Crippen LogP contribution in [0.25, 0.3) is 33.7 Å². The highest BCUT2D eigenvalue weighted by molar-refractivity contribution is 7.91. The molecule has 4 aromatic rings. The number of aryl methyl sites for hydroxylation is 1. The van der Waals surface area contributed by atoms with Crippen LogP contribution in [-0.4, -0.2) is 33.7 Å². The second kappa shape index (κ2) is 7.86. The van der Waals surface area contributed by atoms with Crippen molar-refractivity contribution in [1.82, 2.24) is 19.5 Å². The summed E-state index contributed by atoms with van der Waals surface area (Å²) in [5, 5.41) is 0.426. The van der Waals surface area contributed by atoms with Gasteiger partial charge < -0.3 is 4.57 Å². The molecular weight excluding hydrogens is 465 g/mol. The Balaban J connectivity index is 1.96. The van der Waals surface area contributed by atoms with Crippen LogP contribution in [0.2, 0.25) is 5.02 Å². The van der Waals surface area contributed by atoms with Gasteiger partial charge in [-0.1, -0.05) is 36.7 Å². The second-order valence-electron chi connectivity index (χ2n) is 7.00. The average molecular weight is 481 g/mol. The highest BCUT2D eigenvalue weighted by atomic mass is 35.5. The number of pyridine rings is 2. The summed E-state index contributed by atoms with van der Waals surface area (Å²) in [7, 11) is -2.20. The molecule has 0 aliphatic carbocycles. The second-order valence-corrected chi connectivity index (χ2v) is 9.66. The van der Waals surface area contributed by atoms with Crippen LogP contribution in [0.5, 0.6) is 0 Å². The Morgan fingerprint density at radius 2 is 1.81 bits per heavy atom. The van der Waals surface area contributed by atoms with E-state index in [4.69, 9.17) is 11.6 Å². The molecular formula is C21H16ClF3N4O2S. The van der Waals surface area contributed by atoms with Gasteiger partial charge >= 0.3 is 6.18 Å². The first-order chi connectivity index (χ1) is 15.0. The van der Waals surface area contributed by atoms with Crippen LogP contribution < -0.4 is 0 Å².